The second-order valence-electron chi connectivity index (χ2n) is 6.06. The molecule has 0 unspecified atom stereocenters. The number of hydrogen-bond donors (Lipinski definition) is 2. The van der Waals surface area contributed by atoms with Gasteiger partial charge in [0, 0.05) is 0 Å². The molecule has 2 N–H and O–H groups in total. The van der Waals surface area contributed by atoms with Crippen molar-refractivity contribution in [3.63, 3.8) is 0 Å². The quantitative estimate of drug-likeness (QED) is 0.649. The average Bonchev–Trinajstić information content (AvgIpc) is 2.68. The molecule has 0 aliphatic rings. The minimum Gasteiger partial charge on any atom is -0.388 e. The zero-order chi connectivity index (χ0) is 18.8. The molecule has 26 heavy (non-hydrogen) atoms. The first kappa shape index (κ1) is 20.1. The summed E-state index contributed by atoms with van der Waals surface area (Å²) in [6.07, 6.45) is 1.56. The van der Waals surface area contributed by atoms with E-state index in [0.717, 1.165) is 22.3 Å². The van der Waals surface area contributed by atoms with Crippen molar-refractivity contribution >= 4 is 12.2 Å². The van der Waals surface area contributed by atoms with Crippen molar-refractivity contribution in [2.45, 2.75) is 25.4 Å². The van der Waals surface area contributed by atoms with Gasteiger partial charge in [0.15, 0.2) is 0 Å². The fourth-order valence-corrected chi connectivity index (χ4v) is 2.32. The van der Waals surface area contributed by atoms with E-state index in [1.807, 2.05) is 48.5 Å². The van der Waals surface area contributed by atoms with Crippen molar-refractivity contribution in [3.8, 4) is 0 Å². The number of benzene rings is 2. The van der Waals surface area contributed by atoms with E-state index in [1.165, 1.54) is 0 Å². The van der Waals surface area contributed by atoms with E-state index < -0.39 is 12.2 Å². The molecule has 0 saturated heterocycles. The Morgan fingerprint density at radius 3 is 1.35 bits per heavy atom. The van der Waals surface area contributed by atoms with Crippen molar-refractivity contribution < 1.29 is 19.7 Å². The number of ether oxygens (including phenoxy) is 2. The summed E-state index contributed by atoms with van der Waals surface area (Å²) in [7, 11) is 0. The predicted molar refractivity (Wildman–Crippen MR) is 104 cm³/mol. The van der Waals surface area contributed by atoms with E-state index in [2.05, 4.69) is 13.2 Å². The zero-order valence-corrected chi connectivity index (χ0v) is 14.9. The lowest BCUT2D eigenvalue weighted by atomic mass is 10.1. The van der Waals surface area contributed by atoms with Crippen molar-refractivity contribution in [2.75, 3.05) is 13.2 Å². The van der Waals surface area contributed by atoms with E-state index >= 15 is 0 Å². The van der Waals surface area contributed by atoms with Gasteiger partial charge in [-0.05, 0) is 22.3 Å². The van der Waals surface area contributed by atoms with Gasteiger partial charge in [-0.2, -0.15) is 0 Å². The normalized spacial score (nSPS) is 13.2. The molecule has 0 radical (unpaired) electrons. The van der Waals surface area contributed by atoms with E-state index in [9.17, 15) is 10.2 Å². The molecule has 0 aliphatic carbocycles. The van der Waals surface area contributed by atoms with Crippen LogP contribution in [0.2, 0.25) is 0 Å². The van der Waals surface area contributed by atoms with Crippen molar-refractivity contribution in [1.29, 1.82) is 0 Å². The summed E-state index contributed by atoms with van der Waals surface area (Å²) >= 11 is 0. The summed E-state index contributed by atoms with van der Waals surface area (Å²) in [5, 5.41) is 19.9. The van der Waals surface area contributed by atoms with Gasteiger partial charge in [-0.1, -0.05) is 73.8 Å². The molecule has 4 heteroatoms. The van der Waals surface area contributed by atoms with Gasteiger partial charge in [-0.3, -0.25) is 0 Å². The topological polar surface area (TPSA) is 58.9 Å². The molecule has 0 aromatic heterocycles. The second-order valence-corrected chi connectivity index (χ2v) is 6.06. The van der Waals surface area contributed by atoms with Crippen LogP contribution in [0.1, 0.15) is 22.3 Å². The van der Waals surface area contributed by atoms with Crippen LogP contribution in [0.4, 0.5) is 0 Å². The molecule has 0 spiro atoms. The van der Waals surface area contributed by atoms with Crippen LogP contribution in [0.5, 0.6) is 0 Å². The number of rotatable bonds is 11. The molecular formula is C22H26O4. The highest BCUT2D eigenvalue weighted by molar-refractivity contribution is 5.47. The van der Waals surface area contributed by atoms with Crippen LogP contribution in [0, 0.1) is 0 Å². The molecule has 0 amide bonds. The third kappa shape index (κ3) is 6.58. The van der Waals surface area contributed by atoms with Crippen LogP contribution in [0.3, 0.4) is 0 Å². The molecule has 2 rings (SSSR count). The van der Waals surface area contributed by atoms with Crippen LogP contribution >= 0.6 is 0 Å². The summed E-state index contributed by atoms with van der Waals surface area (Å²) in [5.41, 5.74) is 4.08. The fraction of sp³-hybridized carbons (Fsp3) is 0.273. The average molecular weight is 354 g/mol. The molecule has 0 fully saturated rings. The fourth-order valence-electron chi connectivity index (χ4n) is 2.32. The second kappa shape index (κ2) is 10.7. The monoisotopic (exact) mass is 354 g/mol. The molecule has 0 saturated carbocycles. The molecule has 2 atom stereocenters. The van der Waals surface area contributed by atoms with E-state index in [4.69, 9.17) is 9.47 Å². The lowest BCUT2D eigenvalue weighted by Crippen LogP contribution is -2.34. The number of aliphatic hydroxyl groups is 2. The van der Waals surface area contributed by atoms with Gasteiger partial charge in [0.05, 0.1) is 26.4 Å². The molecule has 2 aromatic carbocycles. The smallest absolute Gasteiger partial charge is 0.105 e. The Labute approximate surface area is 155 Å². The van der Waals surface area contributed by atoms with Gasteiger partial charge in [-0.25, -0.2) is 0 Å². The molecule has 0 heterocycles. The molecule has 4 nitrogen and oxygen atoms in total. The molecule has 0 aliphatic heterocycles. The van der Waals surface area contributed by atoms with Crippen molar-refractivity contribution in [2.24, 2.45) is 0 Å². The summed E-state index contributed by atoms with van der Waals surface area (Å²) in [5.74, 6) is 0. The Bertz CT molecular complexity index is 615. The lowest BCUT2D eigenvalue weighted by molar-refractivity contribution is -0.0758. The van der Waals surface area contributed by atoms with Gasteiger partial charge < -0.3 is 19.7 Å². The standard InChI is InChI=1S/C22H26O4/c1-3-17-5-9-19(10-6-17)13-25-15-21(23)22(24)16-26-14-20-11-7-18(4-2)8-12-20/h3-12,21-24H,1-2,13-16H2/t21-,22-/m1/s1. The third-order valence-corrected chi connectivity index (χ3v) is 3.99. The minimum absolute atomic E-state index is 0.0434. The number of hydrogen-bond acceptors (Lipinski definition) is 4. The Morgan fingerprint density at radius 1 is 0.692 bits per heavy atom. The maximum atomic E-state index is 9.96. The van der Waals surface area contributed by atoms with Crippen LogP contribution < -0.4 is 0 Å². The Kier molecular flexibility index (Phi) is 8.25. The van der Waals surface area contributed by atoms with E-state index in [0.29, 0.717) is 13.2 Å². The van der Waals surface area contributed by atoms with E-state index in [-0.39, 0.29) is 13.2 Å². The maximum absolute atomic E-state index is 9.96. The molecule has 138 valence electrons. The molecule has 2 aromatic rings. The van der Waals surface area contributed by atoms with Crippen molar-refractivity contribution in [1.82, 2.24) is 0 Å². The Hall–Kier alpha value is -2.24. The molecule has 0 bridgehead atoms. The first-order valence-electron chi connectivity index (χ1n) is 8.56. The Morgan fingerprint density at radius 2 is 1.04 bits per heavy atom. The third-order valence-electron chi connectivity index (χ3n) is 3.99. The van der Waals surface area contributed by atoms with Crippen molar-refractivity contribution in [3.05, 3.63) is 83.9 Å². The van der Waals surface area contributed by atoms with Crippen LogP contribution in [-0.4, -0.2) is 35.6 Å². The predicted octanol–water partition coefficient (Wildman–Crippen LogP) is 3.43. The SMILES string of the molecule is C=Cc1ccc(COC[C@@H](O)[C@H](O)COCc2ccc(C=C)cc2)cc1. The molecular weight excluding hydrogens is 328 g/mol. The van der Waals surface area contributed by atoms with Gasteiger partial charge in [0.1, 0.15) is 12.2 Å². The highest BCUT2D eigenvalue weighted by atomic mass is 16.5. The minimum atomic E-state index is -0.995. The highest BCUT2D eigenvalue weighted by Gasteiger charge is 2.16. The first-order chi connectivity index (χ1) is 12.6. The van der Waals surface area contributed by atoms with Gasteiger partial charge in [0.25, 0.3) is 0 Å². The highest BCUT2D eigenvalue weighted by Crippen LogP contribution is 2.09. The largest absolute Gasteiger partial charge is 0.388 e. The summed E-state index contributed by atoms with van der Waals surface area (Å²) in [6.45, 7) is 8.25. The van der Waals surface area contributed by atoms with Gasteiger partial charge in [0.2, 0.25) is 0 Å². The lowest BCUT2D eigenvalue weighted by Gasteiger charge is -2.18. The summed E-state index contributed by atoms with van der Waals surface area (Å²) in [4.78, 5) is 0. The van der Waals surface area contributed by atoms with Crippen LogP contribution in [-0.2, 0) is 22.7 Å². The maximum Gasteiger partial charge on any atom is 0.105 e. The van der Waals surface area contributed by atoms with Crippen LogP contribution in [0.25, 0.3) is 12.2 Å². The van der Waals surface area contributed by atoms with E-state index in [1.54, 1.807) is 12.2 Å². The van der Waals surface area contributed by atoms with Crippen LogP contribution in [0.15, 0.2) is 61.7 Å². The van der Waals surface area contributed by atoms with Gasteiger partial charge in [-0.15, -0.1) is 0 Å². The summed E-state index contributed by atoms with van der Waals surface area (Å²) < 4.78 is 10.9. The van der Waals surface area contributed by atoms with Gasteiger partial charge >= 0.3 is 0 Å². The zero-order valence-electron chi connectivity index (χ0n) is 14.9. The summed E-state index contributed by atoms with van der Waals surface area (Å²) in [6, 6.07) is 15.6. The Balaban J connectivity index is 1.65. The first-order valence-corrected chi connectivity index (χ1v) is 8.56. The number of aliphatic hydroxyl groups excluding tert-OH is 2.